The number of allylic oxidation sites excluding steroid dienone is 4. The van der Waals surface area contributed by atoms with Gasteiger partial charge in [-0.2, -0.15) is 10.8 Å². The molecule has 1 fully saturated rings. The predicted molar refractivity (Wildman–Crippen MR) is 94.3 cm³/mol. The van der Waals surface area contributed by atoms with Crippen molar-refractivity contribution in [1.29, 1.82) is 5.26 Å². The molecule has 0 spiro atoms. The second-order valence-corrected chi connectivity index (χ2v) is 6.52. The Hall–Kier alpha value is -2.35. The molecule has 1 aliphatic carbocycles. The van der Waals surface area contributed by atoms with Gasteiger partial charge in [0.05, 0.1) is 12.7 Å². The standard InChI is InChI=1S/C18H24N3O6/c1-21(2)12-5-3-10(4-6-12)7-11(8-19)17(26)20-18-16(25)15(24)14(23)13(9-22)27-18/h3-7,11,13-16,18,22-25H,9H2,1-2H3,(H,20,26)/q-1/t11?,13-,14-,15+,16-,18-/m1/s1. The van der Waals surface area contributed by atoms with E-state index in [9.17, 15) is 30.5 Å². The summed E-state index contributed by atoms with van der Waals surface area (Å²) in [6, 6.07) is 1.86. The van der Waals surface area contributed by atoms with E-state index in [1.54, 1.807) is 12.5 Å². The van der Waals surface area contributed by atoms with Crippen LogP contribution in [0.1, 0.15) is 0 Å². The number of aliphatic hydroxyl groups is 4. The predicted octanol–water partition coefficient (Wildman–Crippen LogP) is -1.81. The Labute approximate surface area is 157 Å². The van der Waals surface area contributed by atoms with E-state index in [1.165, 1.54) is 6.08 Å². The molecule has 5 N–H and O–H groups in total. The summed E-state index contributed by atoms with van der Waals surface area (Å²) in [6.45, 7) is -0.608. The Kier molecular flexibility index (Phi) is 7.01. The molecule has 2 rings (SSSR count). The van der Waals surface area contributed by atoms with Gasteiger partial charge < -0.3 is 35.4 Å². The zero-order valence-electron chi connectivity index (χ0n) is 15.1. The number of hydrogen-bond acceptors (Lipinski definition) is 8. The number of aliphatic hydroxyl groups excluding tert-OH is 4. The fourth-order valence-corrected chi connectivity index (χ4v) is 2.70. The van der Waals surface area contributed by atoms with E-state index < -0.39 is 49.1 Å². The van der Waals surface area contributed by atoms with Gasteiger partial charge in [-0.3, -0.25) is 4.79 Å². The van der Waals surface area contributed by atoms with Crippen molar-refractivity contribution in [3.8, 4) is 6.07 Å². The zero-order valence-corrected chi connectivity index (χ0v) is 15.1. The van der Waals surface area contributed by atoms with Crippen LogP contribution < -0.4 is 5.32 Å². The lowest BCUT2D eigenvalue weighted by Crippen LogP contribution is -2.63. The van der Waals surface area contributed by atoms with Gasteiger partial charge in [-0.05, 0) is 19.8 Å². The molecule has 27 heavy (non-hydrogen) atoms. The molecule has 9 heteroatoms. The number of likely N-dealkylation sites (N-methyl/N-ethyl adjacent to an activating group) is 1. The van der Waals surface area contributed by atoms with Gasteiger partial charge in [0.1, 0.15) is 30.3 Å². The highest BCUT2D eigenvalue weighted by Crippen LogP contribution is 2.21. The van der Waals surface area contributed by atoms with Crippen LogP contribution >= 0.6 is 0 Å². The third-order valence-electron chi connectivity index (χ3n) is 4.37. The Balaban J connectivity index is 2.04. The van der Waals surface area contributed by atoms with Crippen LogP contribution in [0.3, 0.4) is 0 Å². The van der Waals surface area contributed by atoms with Gasteiger partial charge in [0, 0.05) is 0 Å². The van der Waals surface area contributed by atoms with Crippen LogP contribution in [0.25, 0.3) is 0 Å². The summed E-state index contributed by atoms with van der Waals surface area (Å²) >= 11 is 0. The molecular formula is C18H24N3O6-. The number of carbonyl (C=O) groups excluding carboxylic acids is 1. The average molecular weight is 378 g/mol. The number of carbonyl (C=O) groups is 1. The highest BCUT2D eigenvalue weighted by atomic mass is 16.6. The van der Waals surface area contributed by atoms with Crippen molar-refractivity contribution in [1.82, 2.24) is 10.2 Å². The van der Waals surface area contributed by atoms with Crippen molar-refractivity contribution in [3.05, 3.63) is 42.0 Å². The van der Waals surface area contributed by atoms with Crippen LogP contribution in [0.15, 0.2) is 35.6 Å². The molecule has 0 aromatic carbocycles. The first kappa shape index (κ1) is 21.0. The van der Waals surface area contributed by atoms with Crippen LogP contribution in [-0.4, -0.2) is 82.6 Å². The Morgan fingerprint density at radius 1 is 1.37 bits per heavy atom. The number of ether oxygens (including phenoxy) is 1. The minimum atomic E-state index is -1.61. The zero-order chi connectivity index (χ0) is 20.1. The first-order valence-electron chi connectivity index (χ1n) is 8.41. The fraction of sp³-hybridized carbons (Fsp3) is 0.500. The summed E-state index contributed by atoms with van der Waals surface area (Å²) in [4.78, 5) is 14.3. The molecule has 6 atom stereocenters. The van der Waals surface area contributed by atoms with Crippen LogP contribution in [0.2, 0.25) is 0 Å². The topological polar surface area (TPSA) is 146 Å². The van der Waals surface area contributed by atoms with Gasteiger partial charge in [0.25, 0.3) is 0 Å². The summed E-state index contributed by atoms with van der Waals surface area (Å²) in [7, 11) is 3.79. The molecule has 0 radical (unpaired) electrons. The molecule has 1 aliphatic heterocycles. The second-order valence-electron chi connectivity index (χ2n) is 6.52. The third kappa shape index (κ3) is 4.88. The summed E-state index contributed by atoms with van der Waals surface area (Å²) in [5.41, 5.74) is 1.63. The largest absolute Gasteiger partial charge is 0.416 e. The summed E-state index contributed by atoms with van der Waals surface area (Å²) in [5, 5.41) is 50.3. The van der Waals surface area contributed by atoms with Gasteiger partial charge in [0.15, 0.2) is 6.23 Å². The molecule has 1 heterocycles. The van der Waals surface area contributed by atoms with E-state index >= 15 is 0 Å². The van der Waals surface area contributed by atoms with Gasteiger partial charge in [-0.25, -0.2) is 0 Å². The lowest BCUT2D eigenvalue weighted by atomic mass is 9.97. The second kappa shape index (κ2) is 9.03. The third-order valence-corrected chi connectivity index (χ3v) is 4.37. The molecule has 0 aromatic rings. The minimum absolute atomic E-state index is 0.608. The summed E-state index contributed by atoms with van der Waals surface area (Å²) < 4.78 is 5.22. The van der Waals surface area contributed by atoms with Crippen LogP contribution in [0.5, 0.6) is 0 Å². The molecule has 0 saturated carbocycles. The average Bonchev–Trinajstić information content (AvgIpc) is 2.66. The highest BCUT2D eigenvalue weighted by Gasteiger charge is 2.44. The van der Waals surface area contributed by atoms with Crippen molar-refractivity contribution in [2.24, 2.45) is 5.92 Å². The van der Waals surface area contributed by atoms with Crippen molar-refractivity contribution >= 4 is 5.91 Å². The van der Waals surface area contributed by atoms with Crippen LogP contribution in [-0.2, 0) is 9.53 Å². The Morgan fingerprint density at radius 2 is 2.07 bits per heavy atom. The molecule has 1 saturated heterocycles. The molecule has 9 nitrogen and oxygen atoms in total. The van der Waals surface area contributed by atoms with Crippen LogP contribution in [0.4, 0.5) is 0 Å². The first-order chi connectivity index (χ1) is 12.8. The highest BCUT2D eigenvalue weighted by molar-refractivity contribution is 5.83. The van der Waals surface area contributed by atoms with Gasteiger partial charge >= 0.3 is 0 Å². The first-order valence-corrected chi connectivity index (χ1v) is 8.41. The lowest BCUT2D eigenvalue weighted by Gasteiger charge is -2.40. The molecule has 2 aliphatic rings. The Morgan fingerprint density at radius 3 is 2.59 bits per heavy atom. The van der Waals surface area contributed by atoms with E-state index in [0.29, 0.717) is 5.57 Å². The van der Waals surface area contributed by atoms with E-state index in [1.807, 2.05) is 37.2 Å². The van der Waals surface area contributed by atoms with E-state index in [2.05, 4.69) is 5.32 Å². The van der Waals surface area contributed by atoms with Crippen molar-refractivity contribution < 1.29 is 30.0 Å². The van der Waals surface area contributed by atoms with E-state index in [0.717, 1.165) is 5.70 Å². The smallest absolute Gasteiger partial charge is 0.234 e. The fourth-order valence-electron chi connectivity index (χ4n) is 2.70. The number of nitriles is 1. The van der Waals surface area contributed by atoms with Gasteiger partial charge in [-0.1, -0.05) is 0 Å². The van der Waals surface area contributed by atoms with Crippen LogP contribution in [0, 0.1) is 23.7 Å². The number of nitrogens with zero attached hydrogens (tertiary/aromatic N) is 2. The van der Waals surface area contributed by atoms with E-state index in [-0.39, 0.29) is 0 Å². The van der Waals surface area contributed by atoms with Gasteiger partial charge in [-0.15, -0.1) is 30.7 Å². The summed E-state index contributed by atoms with van der Waals surface area (Å²) in [5.74, 6) is -1.90. The Bertz CT molecular complexity index is 679. The SMILES string of the molecule is CN(C)C1=C[CH-]/C(=C/C(C#N)C(=O)N[C@@H]2O[C@H](CO)[C@@H](O)[C@H](O)[C@H]2O)C=C1. The van der Waals surface area contributed by atoms with Crippen molar-refractivity contribution in [2.45, 2.75) is 30.6 Å². The van der Waals surface area contributed by atoms with Crippen molar-refractivity contribution in [2.75, 3.05) is 20.7 Å². The molecule has 0 bridgehead atoms. The van der Waals surface area contributed by atoms with Crippen molar-refractivity contribution in [3.63, 3.8) is 0 Å². The summed E-state index contributed by atoms with van der Waals surface area (Å²) in [6.07, 6.45) is 1.43. The maximum atomic E-state index is 12.4. The normalized spacial score (nSPS) is 32.9. The lowest BCUT2D eigenvalue weighted by molar-refractivity contribution is -0.236. The molecule has 1 unspecified atom stereocenters. The minimum Gasteiger partial charge on any atom is -0.416 e. The number of rotatable bonds is 5. The molecule has 0 aromatic heterocycles. The van der Waals surface area contributed by atoms with E-state index in [4.69, 9.17) is 4.74 Å². The number of nitrogens with one attached hydrogen (secondary N) is 1. The maximum absolute atomic E-state index is 12.4. The molecular weight excluding hydrogens is 354 g/mol. The monoisotopic (exact) mass is 378 g/mol. The number of hydrogen-bond donors (Lipinski definition) is 5. The van der Waals surface area contributed by atoms with Gasteiger partial charge in [0.2, 0.25) is 5.91 Å². The molecule has 148 valence electrons. The maximum Gasteiger partial charge on any atom is 0.234 e. The number of amides is 1. The quantitative estimate of drug-likeness (QED) is 0.352. The molecule has 1 amide bonds.